The number of allylic oxidation sites excluding steroid dienone is 1. The molecule has 0 spiro atoms. The molecule has 0 saturated heterocycles. The highest BCUT2D eigenvalue weighted by atomic mass is 16.6. The molecule has 0 saturated carbocycles. The Bertz CT molecular complexity index is 843. The number of hydrogen-bond donors (Lipinski definition) is 0. The molecule has 1 heterocycles. The molecular weight excluding hydrogens is 342 g/mol. The quantitative estimate of drug-likeness (QED) is 0.727. The lowest BCUT2D eigenvalue weighted by molar-refractivity contribution is -0.142. The van der Waals surface area contributed by atoms with Gasteiger partial charge in [-0.2, -0.15) is 0 Å². The number of para-hydroxylation sites is 1. The molecule has 0 bridgehead atoms. The van der Waals surface area contributed by atoms with E-state index >= 15 is 0 Å². The lowest BCUT2D eigenvalue weighted by Crippen LogP contribution is -2.27. The van der Waals surface area contributed by atoms with E-state index in [0.717, 1.165) is 11.1 Å². The van der Waals surface area contributed by atoms with Gasteiger partial charge in [-0.05, 0) is 30.2 Å². The summed E-state index contributed by atoms with van der Waals surface area (Å²) < 4.78 is 10.5. The van der Waals surface area contributed by atoms with Crippen LogP contribution in [-0.4, -0.2) is 23.6 Å². The largest absolute Gasteiger partial charge is 0.466 e. The summed E-state index contributed by atoms with van der Waals surface area (Å²) in [4.78, 5) is 25.8. The Balaban J connectivity index is 1.81. The molecule has 0 aromatic heterocycles. The van der Waals surface area contributed by atoms with Gasteiger partial charge >= 0.3 is 12.1 Å². The highest BCUT2D eigenvalue weighted by molar-refractivity contribution is 5.76. The van der Waals surface area contributed by atoms with Gasteiger partial charge in [0.25, 0.3) is 0 Å². The number of esters is 1. The summed E-state index contributed by atoms with van der Waals surface area (Å²) in [5.74, 6) is 0.0363. The van der Waals surface area contributed by atoms with Crippen LogP contribution in [0.1, 0.15) is 24.8 Å². The number of carbonyl (C=O) groups excluding carboxylic acids is 2. The molecule has 2 aromatic rings. The first kappa shape index (κ1) is 18.5. The van der Waals surface area contributed by atoms with Crippen molar-refractivity contribution in [2.45, 2.75) is 19.3 Å². The van der Waals surface area contributed by atoms with E-state index < -0.39 is 6.09 Å². The van der Waals surface area contributed by atoms with Crippen molar-refractivity contribution in [1.29, 1.82) is 0 Å². The molecule has 0 N–H and O–H groups in total. The van der Waals surface area contributed by atoms with Gasteiger partial charge in [0.05, 0.1) is 13.0 Å². The maximum absolute atomic E-state index is 12.5. The van der Waals surface area contributed by atoms with Crippen molar-refractivity contribution in [2.75, 3.05) is 6.61 Å². The van der Waals surface area contributed by atoms with Gasteiger partial charge in [-0.3, -0.25) is 9.69 Å². The second kappa shape index (κ2) is 8.85. The average molecular weight is 363 g/mol. The Morgan fingerprint density at radius 2 is 1.67 bits per heavy atom. The Kier molecular flexibility index (Phi) is 6.05. The number of benzene rings is 2. The van der Waals surface area contributed by atoms with Crippen LogP contribution in [-0.2, 0) is 9.53 Å². The molecule has 2 aromatic carbocycles. The third-order valence-corrected chi connectivity index (χ3v) is 4.12. The van der Waals surface area contributed by atoms with E-state index in [1.807, 2.05) is 42.5 Å². The number of carbonyl (C=O) groups is 2. The zero-order chi connectivity index (χ0) is 19.1. The van der Waals surface area contributed by atoms with Gasteiger partial charge in [-0.1, -0.05) is 54.6 Å². The Morgan fingerprint density at radius 3 is 2.33 bits per heavy atom. The van der Waals surface area contributed by atoms with Crippen molar-refractivity contribution in [3.8, 4) is 5.75 Å². The molecule has 1 atom stereocenters. The molecule has 27 heavy (non-hydrogen) atoms. The number of rotatable bonds is 5. The smallest absolute Gasteiger partial charge is 0.423 e. The van der Waals surface area contributed by atoms with E-state index in [0.29, 0.717) is 12.4 Å². The third-order valence-electron chi connectivity index (χ3n) is 4.12. The number of amides is 1. The van der Waals surface area contributed by atoms with E-state index in [2.05, 4.69) is 0 Å². The van der Waals surface area contributed by atoms with Crippen LogP contribution in [0.4, 0.5) is 4.79 Å². The summed E-state index contributed by atoms with van der Waals surface area (Å²) in [7, 11) is 0. The summed E-state index contributed by atoms with van der Waals surface area (Å²) >= 11 is 0. The lowest BCUT2D eigenvalue weighted by Gasteiger charge is -2.25. The number of hydrogen-bond acceptors (Lipinski definition) is 4. The zero-order valence-corrected chi connectivity index (χ0v) is 15.1. The summed E-state index contributed by atoms with van der Waals surface area (Å²) in [6.45, 7) is 2.09. The predicted octanol–water partition coefficient (Wildman–Crippen LogP) is 4.64. The highest BCUT2D eigenvalue weighted by Crippen LogP contribution is 2.32. The van der Waals surface area contributed by atoms with Crippen molar-refractivity contribution in [2.24, 2.45) is 0 Å². The van der Waals surface area contributed by atoms with E-state index in [1.54, 1.807) is 43.6 Å². The molecule has 138 valence electrons. The third kappa shape index (κ3) is 4.85. The maximum Gasteiger partial charge on any atom is 0.423 e. The van der Waals surface area contributed by atoms with Gasteiger partial charge in [0.2, 0.25) is 0 Å². The van der Waals surface area contributed by atoms with Gasteiger partial charge in [0.15, 0.2) is 0 Å². The minimum absolute atomic E-state index is 0.101. The predicted molar refractivity (Wildman–Crippen MR) is 102 cm³/mol. The van der Waals surface area contributed by atoms with Crippen molar-refractivity contribution in [1.82, 2.24) is 4.90 Å². The van der Waals surface area contributed by atoms with Crippen LogP contribution in [0, 0.1) is 0 Å². The first-order valence-electron chi connectivity index (χ1n) is 8.82. The minimum atomic E-state index is -0.537. The van der Waals surface area contributed by atoms with E-state index in [9.17, 15) is 9.59 Å². The van der Waals surface area contributed by atoms with Crippen LogP contribution < -0.4 is 4.74 Å². The minimum Gasteiger partial charge on any atom is -0.466 e. The van der Waals surface area contributed by atoms with Crippen LogP contribution >= 0.6 is 0 Å². The second-order valence-electron chi connectivity index (χ2n) is 6.00. The molecule has 0 fully saturated rings. The number of nitrogens with zero attached hydrogens (tertiary/aromatic N) is 1. The molecule has 1 unspecified atom stereocenters. The van der Waals surface area contributed by atoms with E-state index in [1.165, 1.54) is 4.90 Å². The summed E-state index contributed by atoms with van der Waals surface area (Å²) in [5, 5.41) is 0. The molecule has 5 heteroatoms. The fourth-order valence-corrected chi connectivity index (χ4v) is 2.88. The molecule has 1 amide bonds. The maximum atomic E-state index is 12.5. The first-order chi connectivity index (χ1) is 13.2. The van der Waals surface area contributed by atoms with Crippen LogP contribution in [0.5, 0.6) is 5.75 Å². The van der Waals surface area contributed by atoms with Crippen LogP contribution in [0.15, 0.2) is 84.7 Å². The fourth-order valence-electron chi connectivity index (χ4n) is 2.88. The van der Waals surface area contributed by atoms with Crippen LogP contribution in [0.25, 0.3) is 0 Å². The van der Waals surface area contributed by atoms with Crippen molar-refractivity contribution in [3.05, 3.63) is 90.3 Å². The second-order valence-corrected chi connectivity index (χ2v) is 6.00. The van der Waals surface area contributed by atoms with E-state index in [-0.39, 0.29) is 18.3 Å². The monoisotopic (exact) mass is 363 g/mol. The summed E-state index contributed by atoms with van der Waals surface area (Å²) in [6, 6.07) is 18.7. The molecule has 3 rings (SSSR count). The van der Waals surface area contributed by atoms with Gasteiger partial charge in [0, 0.05) is 18.3 Å². The average Bonchev–Trinajstić information content (AvgIpc) is 2.69. The molecule has 0 radical (unpaired) electrons. The van der Waals surface area contributed by atoms with Gasteiger partial charge in [-0.25, -0.2) is 4.79 Å². The van der Waals surface area contributed by atoms with Crippen molar-refractivity contribution in [3.63, 3.8) is 0 Å². The molecule has 0 aliphatic carbocycles. The molecule has 1 aliphatic rings. The topological polar surface area (TPSA) is 55.8 Å². The normalized spacial score (nSPS) is 15.8. The first-order valence-corrected chi connectivity index (χ1v) is 8.82. The van der Waals surface area contributed by atoms with Gasteiger partial charge < -0.3 is 9.47 Å². The summed E-state index contributed by atoms with van der Waals surface area (Å²) in [5.41, 5.74) is 1.81. The van der Waals surface area contributed by atoms with Crippen LogP contribution in [0.3, 0.4) is 0 Å². The Morgan fingerprint density at radius 1 is 1.00 bits per heavy atom. The van der Waals surface area contributed by atoms with Gasteiger partial charge in [0.1, 0.15) is 5.75 Å². The SMILES string of the molecule is CCOC(=O)CC1=CN(C(=O)Oc2ccccc2)C=CC1c1ccccc1. The Hall–Kier alpha value is -3.34. The van der Waals surface area contributed by atoms with E-state index in [4.69, 9.17) is 9.47 Å². The highest BCUT2D eigenvalue weighted by Gasteiger charge is 2.24. The standard InChI is InChI=1S/C22H21NO4/c1-2-26-21(24)15-18-16-23(22(25)27-19-11-7-4-8-12-19)14-13-20(18)17-9-5-3-6-10-17/h3-14,16,20H,2,15H2,1H3. The Labute approximate surface area is 158 Å². The lowest BCUT2D eigenvalue weighted by atomic mass is 9.88. The number of ether oxygens (including phenoxy) is 2. The molecular formula is C22H21NO4. The van der Waals surface area contributed by atoms with Crippen molar-refractivity contribution < 1.29 is 19.1 Å². The fraction of sp³-hybridized carbons (Fsp3) is 0.182. The van der Waals surface area contributed by atoms with Crippen LogP contribution in [0.2, 0.25) is 0 Å². The summed E-state index contributed by atoms with van der Waals surface area (Å²) in [6.07, 6.45) is 4.77. The van der Waals surface area contributed by atoms with Crippen molar-refractivity contribution >= 4 is 12.1 Å². The molecule has 5 nitrogen and oxygen atoms in total. The van der Waals surface area contributed by atoms with Gasteiger partial charge in [-0.15, -0.1) is 0 Å². The molecule has 1 aliphatic heterocycles. The zero-order valence-electron chi connectivity index (χ0n) is 15.1.